The number of hydrogen-bond acceptors (Lipinski definition) is 2. The van der Waals surface area contributed by atoms with E-state index in [0.717, 1.165) is 31.5 Å². The summed E-state index contributed by atoms with van der Waals surface area (Å²) in [7, 11) is 0. The fraction of sp³-hybridized carbons (Fsp3) is 0.529. The van der Waals surface area contributed by atoms with Crippen molar-refractivity contribution >= 4 is 17.5 Å². The van der Waals surface area contributed by atoms with Crippen LogP contribution in [0.4, 0.5) is 5.69 Å². The smallest absolute Gasteiger partial charge is 0.254 e. The largest absolute Gasteiger partial charge is 0.336 e. The Bertz CT molecular complexity index is 496. The van der Waals surface area contributed by atoms with Gasteiger partial charge in [0.15, 0.2) is 0 Å². The van der Waals surface area contributed by atoms with Crippen LogP contribution in [0.3, 0.4) is 0 Å². The zero-order valence-electron chi connectivity index (χ0n) is 12.9. The number of amides is 2. The molecule has 0 unspecified atom stereocenters. The van der Waals surface area contributed by atoms with Gasteiger partial charge in [0.2, 0.25) is 5.91 Å². The molecule has 2 amide bonds. The molecule has 114 valence electrons. The second kappa shape index (κ2) is 7.25. The normalized spacial score (nSPS) is 18.4. The summed E-state index contributed by atoms with van der Waals surface area (Å²) in [4.78, 5) is 26.0. The van der Waals surface area contributed by atoms with Gasteiger partial charge in [0.1, 0.15) is 0 Å². The Labute approximate surface area is 126 Å². The quantitative estimate of drug-likeness (QED) is 0.922. The van der Waals surface area contributed by atoms with Crippen molar-refractivity contribution in [2.45, 2.75) is 52.0 Å². The van der Waals surface area contributed by atoms with Gasteiger partial charge in [0.25, 0.3) is 5.91 Å². The van der Waals surface area contributed by atoms with Crippen LogP contribution in [0, 0.1) is 0 Å². The van der Waals surface area contributed by atoms with Crippen molar-refractivity contribution in [3.05, 3.63) is 29.8 Å². The lowest BCUT2D eigenvalue weighted by Gasteiger charge is -2.33. The Morgan fingerprint density at radius 3 is 2.57 bits per heavy atom. The van der Waals surface area contributed by atoms with Gasteiger partial charge in [-0.25, -0.2) is 0 Å². The molecule has 1 fully saturated rings. The lowest BCUT2D eigenvalue weighted by atomic mass is 10.0. The first-order chi connectivity index (χ1) is 10.1. The summed E-state index contributed by atoms with van der Waals surface area (Å²) in [5.41, 5.74) is 1.44. The van der Waals surface area contributed by atoms with Crippen LogP contribution in [-0.2, 0) is 4.79 Å². The lowest BCUT2D eigenvalue weighted by molar-refractivity contribution is -0.116. The second-order valence-electron chi connectivity index (χ2n) is 5.72. The predicted octanol–water partition coefficient (Wildman–Crippen LogP) is 3.44. The van der Waals surface area contributed by atoms with Crippen LogP contribution < -0.4 is 5.32 Å². The van der Waals surface area contributed by atoms with Crippen molar-refractivity contribution in [2.75, 3.05) is 11.9 Å². The van der Waals surface area contributed by atoms with Crippen LogP contribution in [0.2, 0.25) is 0 Å². The van der Waals surface area contributed by atoms with E-state index in [1.54, 1.807) is 24.3 Å². The van der Waals surface area contributed by atoms with Crippen LogP contribution in [0.5, 0.6) is 0 Å². The Balaban J connectivity index is 2.01. The maximum absolute atomic E-state index is 12.5. The van der Waals surface area contributed by atoms with Crippen LogP contribution in [0.15, 0.2) is 24.3 Å². The minimum atomic E-state index is 0.0150. The molecule has 0 spiro atoms. The predicted molar refractivity (Wildman–Crippen MR) is 84.3 cm³/mol. The number of nitrogens with one attached hydrogen (secondary N) is 1. The van der Waals surface area contributed by atoms with Crippen molar-refractivity contribution in [3.8, 4) is 0 Å². The zero-order valence-corrected chi connectivity index (χ0v) is 12.9. The molecular weight excluding hydrogens is 264 g/mol. The Hall–Kier alpha value is -1.84. The molecule has 1 atom stereocenters. The van der Waals surface area contributed by atoms with Crippen LogP contribution in [-0.4, -0.2) is 29.3 Å². The molecular formula is C17H24N2O2. The molecule has 1 heterocycles. The van der Waals surface area contributed by atoms with Crippen molar-refractivity contribution < 1.29 is 9.59 Å². The molecule has 1 aliphatic rings. The van der Waals surface area contributed by atoms with E-state index in [0.29, 0.717) is 18.0 Å². The van der Waals surface area contributed by atoms with E-state index in [4.69, 9.17) is 0 Å². The number of rotatable bonds is 4. The summed E-state index contributed by atoms with van der Waals surface area (Å²) in [6, 6.07) is 7.51. The van der Waals surface area contributed by atoms with Gasteiger partial charge >= 0.3 is 0 Å². The standard InChI is InChI=1S/C17H24N2O2/c1-3-6-16(20)18-15-10-8-14(9-11-15)17(21)19-12-5-4-7-13(19)2/h8-11,13H,3-7,12H2,1-2H3,(H,18,20)/t13-/m0/s1. The monoisotopic (exact) mass is 288 g/mol. The average Bonchev–Trinajstić information content (AvgIpc) is 2.48. The number of anilines is 1. The SMILES string of the molecule is CCCC(=O)Nc1ccc(C(=O)N2CCCC[C@@H]2C)cc1. The lowest BCUT2D eigenvalue weighted by Crippen LogP contribution is -2.42. The van der Waals surface area contributed by atoms with Crippen molar-refractivity contribution in [3.63, 3.8) is 0 Å². The molecule has 0 aliphatic carbocycles. The van der Waals surface area contributed by atoms with Gasteiger partial charge in [-0.05, 0) is 56.9 Å². The zero-order chi connectivity index (χ0) is 15.2. The highest BCUT2D eigenvalue weighted by Crippen LogP contribution is 2.20. The average molecular weight is 288 g/mol. The molecule has 0 saturated carbocycles. The fourth-order valence-electron chi connectivity index (χ4n) is 2.71. The number of hydrogen-bond donors (Lipinski definition) is 1. The van der Waals surface area contributed by atoms with Crippen LogP contribution in [0.25, 0.3) is 0 Å². The third kappa shape index (κ3) is 4.06. The topological polar surface area (TPSA) is 49.4 Å². The molecule has 0 aromatic heterocycles. The van der Waals surface area contributed by atoms with E-state index in [1.165, 1.54) is 6.42 Å². The molecule has 4 heteroatoms. The maximum atomic E-state index is 12.5. The van der Waals surface area contributed by atoms with Crippen molar-refractivity contribution in [2.24, 2.45) is 0 Å². The third-order valence-corrected chi connectivity index (χ3v) is 3.96. The molecule has 0 radical (unpaired) electrons. The van der Waals surface area contributed by atoms with Crippen molar-refractivity contribution in [1.82, 2.24) is 4.90 Å². The highest BCUT2D eigenvalue weighted by atomic mass is 16.2. The van der Waals surface area contributed by atoms with Gasteiger partial charge in [-0.15, -0.1) is 0 Å². The third-order valence-electron chi connectivity index (χ3n) is 3.96. The number of nitrogens with zero attached hydrogens (tertiary/aromatic N) is 1. The van der Waals surface area contributed by atoms with E-state index < -0.39 is 0 Å². The van der Waals surface area contributed by atoms with Gasteiger partial charge in [0.05, 0.1) is 0 Å². The van der Waals surface area contributed by atoms with Crippen molar-refractivity contribution in [1.29, 1.82) is 0 Å². The number of carbonyl (C=O) groups is 2. The van der Waals surface area contributed by atoms with Crippen LogP contribution in [0.1, 0.15) is 56.3 Å². The van der Waals surface area contributed by atoms with Gasteiger partial charge in [-0.2, -0.15) is 0 Å². The maximum Gasteiger partial charge on any atom is 0.254 e. The molecule has 1 saturated heterocycles. The van der Waals surface area contributed by atoms with E-state index in [2.05, 4.69) is 12.2 Å². The second-order valence-corrected chi connectivity index (χ2v) is 5.72. The van der Waals surface area contributed by atoms with Gasteiger partial charge in [-0.1, -0.05) is 6.92 Å². The number of carbonyl (C=O) groups excluding carboxylic acids is 2. The summed E-state index contributed by atoms with van der Waals surface area (Å²) < 4.78 is 0. The Kier molecular flexibility index (Phi) is 5.37. The first kappa shape index (κ1) is 15.5. The summed E-state index contributed by atoms with van der Waals surface area (Å²) in [6.45, 7) is 4.92. The summed E-state index contributed by atoms with van der Waals surface area (Å²) >= 11 is 0. The van der Waals surface area contributed by atoms with Gasteiger partial charge < -0.3 is 10.2 Å². The van der Waals surface area contributed by atoms with E-state index in [1.807, 2.05) is 11.8 Å². The van der Waals surface area contributed by atoms with Gasteiger partial charge in [-0.3, -0.25) is 9.59 Å². The number of piperidine rings is 1. The number of benzene rings is 1. The summed E-state index contributed by atoms with van der Waals surface area (Å²) in [5, 5.41) is 2.83. The van der Waals surface area contributed by atoms with E-state index in [-0.39, 0.29) is 11.8 Å². The Morgan fingerprint density at radius 2 is 1.95 bits per heavy atom. The molecule has 0 bridgehead atoms. The van der Waals surface area contributed by atoms with Gasteiger partial charge in [0, 0.05) is 30.3 Å². The molecule has 1 aromatic rings. The van der Waals surface area contributed by atoms with Crippen LogP contribution >= 0.6 is 0 Å². The molecule has 21 heavy (non-hydrogen) atoms. The minimum absolute atomic E-state index is 0.0150. The highest BCUT2D eigenvalue weighted by molar-refractivity contribution is 5.96. The summed E-state index contributed by atoms with van der Waals surface area (Å²) in [6.07, 6.45) is 4.71. The Morgan fingerprint density at radius 1 is 1.24 bits per heavy atom. The highest BCUT2D eigenvalue weighted by Gasteiger charge is 2.23. The molecule has 1 aliphatic heterocycles. The first-order valence-electron chi connectivity index (χ1n) is 7.82. The molecule has 4 nitrogen and oxygen atoms in total. The minimum Gasteiger partial charge on any atom is -0.336 e. The van der Waals surface area contributed by atoms with E-state index >= 15 is 0 Å². The summed E-state index contributed by atoms with van der Waals surface area (Å²) in [5.74, 6) is 0.106. The molecule has 1 aromatic carbocycles. The first-order valence-corrected chi connectivity index (χ1v) is 7.82. The van der Waals surface area contributed by atoms with E-state index in [9.17, 15) is 9.59 Å². The molecule has 2 rings (SSSR count). The number of likely N-dealkylation sites (tertiary alicyclic amines) is 1. The molecule has 1 N–H and O–H groups in total. The fourth-order valence-corrected chi connectivity index (χ4v) is 2.71.